The number of sulfone groups is 1. The molecule has 4 nitrogen and oxygen atoms in total. The van der Waals surface area contributed by atoms with Gasteiger partial charge in [-0.05, 0) is 68.6 Å². The van der Waals surface area contributed by atoms with Crippen molar-refractivity contribution in [3.8, 4) is 0 Å². The van der Waals surface area contributed by atoms with Gasteiger partial charge in [0, 0.05) is 6.04 Å². The van der Waals surface area contributed by atoms with Gasteiger partial charge in [0.15, 0.2) is 9.84 Å². The molecule has 0 radical (unpaired) electrons. The molecule has 0 aromatic rings. The fourth-order valence-corrected chi connectivity index (χ4v) is 6.65. The van der Waals surface area contributed by atoms with Crippen molar-refractivity contribution in [1.29, 1.82) is 0 Å². The minimum atomic E-state index is -3.17. The van der Waals surface area contributed by atoms with Crippen LogP contribution in [0, 0.1) is 23.7 Å². The SMILES string of the molecule is O=C(CS(=O)(=O)C1CC1)NC1C2CC3CC(C2)CC1C3. The summed E-state index contributed by atoms with van der Waals surface area (Å²) >= 11 is 0. The van der Waals surface area contributed by atoms with E-state index in [1.807, 2.05) is 0 Å². The zero-order valence-electron chi connectivity index (χ0n) is 11.8. The molecule has 0 aliphatic heterocycles. The van der Waals surface area contributed by atoms with Crippen molar-refractivity contribution in [1.82, 2.24) is 5.32 Å². The second kappa shape index (κ2) is 4.46. The fraction of sp³-hybridized carbons (Fsp3) is 0.933. The van der Waals surface area contributed by atoms with Crippen LogP contribution in [0.3, 0.4) is 0 Å². The number of carbonyl (C=O) groups is 1. The summed E-state index contributed by atoms with van der Waals surface area (Å²) in [6, 6.07) is 0.254. The molecule has 0 saturated heterocycles. The number of nitrogens with one attached hydrogen (secondary N) is 1. The van der Waals surface area contributed by atoms with E-state index in [2.05, 4.69) is 5.32 Å². The predicted octanol–water partition coefficient (Wildman–Crippen LogP) is 1.50. The highest BCUT2D eigenvalue weighted by Gasteiger charge is 2.49. The molecule has 20 heavy (non-hydrogen) atoms. The normalized spacial score (nSPS) is 42.7. The van der Waals surface area contributed by atoms with Gasteiger partial charge >= 0.3 is 0 Å². The lowest BCUT2D eigenvalue weighted by molar-refractivity contribution is -0.122. The number of amides is 1. The van der Waals surface area contributed by atoms with E-state index in [1.54, 1.807) is 0 Å². The summed E-state index contributed by atoms with van der Waals surface area (Å²) in [6.07, 6.45) is 7.85. The predicted molar refractivity (Wildman–Crippen MR) is 75.8 cm³/mol. The van der Waals surface area contributed by atoms with E-state index < -0.39 is 9.84 Å². The maximum Gasteiger partial charge on any atom is 0.235 e. The van der Waals surface area contributed by atoms with Gasteiger partial charge in [0.2, 0.25) is 5.91 Å². The molecule has 0 spiro atoms. The summed E-state index contributed by atoms with van der Waals surface area (Å²) in [7, 11) is -3.17. The van der Waals surface area contributed by atoms with Gasteiger partial charge in [0.25, 0.3) is 0 Å². The van der Waals surface area contributed by atoms with Crippen LogP contribution in [0.4, 0.5) is 0 Å². The monoisotopic (exact) mass is 297 g/mol. The van der Waals surface area contributed by atoms with E-state index in [4.69, 9.17) is 0 Å². The van der Waals surface area contributed by atoms with Crippen LogP contribution in [0.15, 0.2) is 0 Å². The van der Waals surface area contributed by atoms with Crippen LogP contribution in [0.2, 0.25) is 0 Å². The van der Waals surface area contributed by atoms with Gasteiger partial charge in [-0.3, -0.25) is 4.79 Å². The van der Waals surface area contributed by atoms with Crippen molar-refractivity contribution in [2.45, 2.75) is 56.2 Å². The molecular weight excluding hydrogens is 274 g/mol. The highest BCUT2D eigenvalue weighted by molar-refractivity contribution is 7.93. The van der Waals surface area contributed by atoms with E-state index >= 15 is 0 Å². The molecule has 1 N–H and O–H groups in total. The first-order chi connectivity index (χ1) is 9.51. The summed E-state index contributed by atoms with van der Waals surface area (Å²) in [5, 5.41) is 2.85. The van der Waals surface area contributed by atoms with Gasteiger partial charge < -0.3 is 5.32 Å². The third-order valence-electron chi connectivity index (χ3n) is 5.92. The molecule has 1 amide bonds. The van der Waals surface area contributed by atoms with Gasteiger partial charge in [-0.1, -0.05) is 0 Å². The third-order valence-corrected chi connectivity index (χ3v) is 8.07. The minimum Gasteiger partial charge on any atom is -0.352 e. The second-order valence-corrected chi connectivity index (χ2v) is 9.81. The molecule has 0 unspecified atom stereocenters. The van der Waals surface area contributed by atoms with Crippen molar-refractivity contribution in [3.63, 3.8) is 0 Å². The Morgan fingerprint density at radius 3 is 2.00 bits per heavy atom. The van der Waals surface area contributed by atoms with Crippen molar-refractivity contribution in [3.05, 3.63) is 0 Å². The molecule has 0 aromatic carbocycles. The summed E-state index contributed by atoms with van der Waals surface area (Å²) in [5.74, 6) is 2.43. The van der Waals surface area contributed by atoms with Crippen LogP contribution in [-0.2, 0) is 14.6 Å². The first-order valence-corrected chi connectivity index (χ1v) is 9.74. The zero-order valence-corrected chi connectivity index (χ0v) is 12.6. The van der Waals surface area contributed by atoms with E-state index in [9.17, 15) is 13.2 Å². The highest BCUT2D eigenvalue weighted by Crippen LogP contribution is 2.53. The van der Waals surface area contributed by atoms with Crippen molar-refractivity contribution >= 4 is 15.7 Å². The standard InChI is InChI=1S/C15H23NO3S/c17-14(8-20(18,19)13-1-2-13)16-15-11-4-9-3-10(6-11)7-12(15)5-9/h9-13,15H,1-8H2,(H,16,17). The molecule has 112 valence electrons. The quantitative estimate of drug-likeness (QED) is 0.855. The third kappa shape index (κ3) is 2.28. The summed E-state index contributed by atoms with van der Waals surface area (Å²) in [6.45, 7) is 0. The molecule has 5 heteroatoms. The average Bonchev–Trinajstić information content (AvgIpc) is 3.16. The van der Waals surface area contributed by atoms with Crippen molar-refractivity contribution in [2.75, 3.05) is 5.75 Å². The minimum absolute atomic E-state index is 0.230. The van der Waals surface area contributed by atoms with E-state index in [0.717, 1.165) is 24.7 Å². The van der Waals surface area contributed by atoms with Crippen molar-refractivity contribution in [2.24, 2.45) is 23.7 Å². The van der Waals surface area contributed by atoms with E-state index in [1.165, 1.54) is 32.1 Å². The number of hydrogen-bond donors (Lipinski definition) is 1. The molecule has 4 bridgehead atoms. The van der Waals surface area contributed by atoms with E-state index in [-0.39, 0.29) is 23.0 Å². The van der Waals surface area contributed by atoms with Crippen LogP contribution < -0.4 is 5.32 Å². The highest BCUT2D eigenvalue weighted by atomic mass is 32.2. The Bertz CT molecular complexity index is 495. The first kappa shape index (κ1) is 13.1. The molecule has 5 rings (SSSR count). The van der Waals surface area contributed by atoms with E-state index in [0.29, 0.717) is 11.8 Å². The van der Waals surface area contributed by atoms with Gasteiger partial charge in [-0.2, -0.15) is 0 Å². The summed E-state index contributed by atoms with van der Waals surface area (Å²) in [5.41, 5.74) is 0. The van der Waals surface area contributed by atoms with Crippen LogP contribution in [0.25, 0.3) is 0 Å². The molecule has 5 fully saturated rings. The Kier molecular flexibility index (Phi) is 2.92. The lowest BCUT2D eigenvalue weighted by Gasteiger charge is -2.54. The largest absolute Gasteiger partial charge is 0.352 e. The summed E-state index contributed by atoms with van der Waals surface area (Å²) in [4.78, 5) is 12.1. The number of hydrogen-bond acceptors (Lipinski definition) is 3. The Morgan fingerprint density at radius 1 is 0.950 bits per heavy atom. The second-order valence-electron chi connectivity index (χ2n) is 7.53. The zero-order chi connectivity index (χ0) is 13.9. The molecule has 0 atom stereocenters. The maximum atomic E-state index is 12.1. The molecule has 0 aromatic heterocycles. The topological polar surface area (TPSA) is 63.2 Å². The smallest absolute Gasteiger partial charge is 0.235 e. The van der Waals surface area contributed by atoms with Crippen LogP contribution in [0.1, 0.15) is 44.9 Å². The van der Waals surface area contributed by atoms with Crippen molar-refractivity contribution < 1.29 is 13.2 Å². The lowest BCUT2D eigenvalue weighted by atomic mass is 9.54. The molecular formula is C15H23NO3S. The number of rotatable bonds is 4. The molecule has 0 heterocycles. The van der Waals surface area contributed by atoms with Gasteiger partial charge in [0.1, 0.15) is 5.75 Å². The maximum absolute atomic E-state index is 12.1. The Hall–Kier alpha value is -0.580. The Balaban J connectivity index is 1.40. The Morgan fingerprint density at radius 2 is 1.50 bits per heavy atom. The van der Waals surface area contributed by atoms with Crippen LogP contribution in [0.5, 0.6) is 0 Å². The van der Waals surface area contributed by atoms with Gasteiger partial charge in [0.05, 0.1) is 5.25 Å². The van der Waals surface area contributed by atoms with Gasteiger partial charge in [-0.15, -0.1) is 0 Å². The summed E-state index contributed by atoms with van der Waals surface area (Å²) < 4.78 is 23.8. The number of carbonyl (C=O) groups excluding carboxylic acids is 1. The molecule has 5 aliphatic carbocycles. The van der Waals surface area contributed by atoms with Gasteiger partial charge in [-0.25, -0.2) is 8.42 Å². The first-order valence-electron chi connectivity index (χ1n) is 8.02. The average molecular weight is 297 g/mol. The Labute approximate surface area is 120 Å². The lowest BCUT2D eigenvalue weighted by Crippen LogP contribution is -2.56. The van der Waals surface area contributed by atoms with Crippen LogP contribution >= 0.6 is 0 Å². The molecule has 5 aliphatic rings. The molecule has 5 saturated carbocycles. The fourth-order valence-electron chi connectivity index (χ4n) is 5.12. The van der Waals surface area contributed by atoms with Crippen LogP contribution in [-0.4, -0.2) is 31.4 Å².